The number of benzene rings is 1. The van der Waals surface area contributed by atoms with Crippen LogP contribution in [0.25, 0.3) is 0 Å². The molecule has 1 heterocycles. The second-order valence-electron chi connectivity index (χ2n) is 6.76. The van der Waals surface area contributed by atoms with Crippen LogP contribution in [0.1, 0.15) is 38.1 Å². The molecule has 1 aromatic rings. The van der Waals surface area contributed by atoms with E-state index in [4.69, 9.17) is 4.74 Å². The molecule has 0 atom stereocenters. The molecule has 1 aromatic carbocycles. The number of morpholine rings is 1. The predicted molar refractivity (Wildman–Crippen MR) is 87.8 cm³/mol. The van der Waals surface area contributed by atoms with Gasteiger partial charge in [-0.3, -0.25) is 4.79 Å². The molecule has 0 radical (unpaired) electrons. The van der Waals surface area contributed by atoms with E-state index in [-0.39, 0.29) is 17.5 Å². The van der Waals surface area contributed by atoms with Gasteiger partial charge in [-0.25, -0.2) is 17.5 Å². The summed E-state index contributed by atoms with van der Waals surface area (Å²) in [5.74, 6) is -1.23. The number of sulfonamides is 1. The molecular weight excluding hydrogens is 335 g/mol. The Labute approximate surface area is 142 Å². The number of halogens is 1. The lowest BCUT2D eigenvalue weighted by Gasteiger charge is -2.38. The summed E-state index contributed by atoms with van der Waals surface area (Å²) < 4.78 is 46.3. The Balaban J connectivity index is 2.32. The van der Waals surface area contributed by atoms with Crippen LogP contribution in [-0.4, -0.2) is 50.6 Å². The van der Waals surface area contributed by atoms with Gasteiger partial charge in [0.05, 0.1) is 12.2 Å². The van der Waals surface area contributed by atoms with E-state index in [1.165, 1.54) is 6.07 Å². The van der Waals surface area contributed by atoms with Gasteiger partial charge in [0.1, 0.15) is 10.7 Å². The summed E-state index contributed by atoms with van der Waals surface area (Å²) in [6.07, 6.45) is 0. The van der Waals surface area contributed by atoms with Crippen molar-refractivity contribution in [2.45, 2.75) is 44.2 Å². The highest BCUT2D eigenvalue weighted by Crippen LogP contribution is 2.21. The zero-order chi connectivity index (χ0) is 18.1. The second-order valence-corrected chi connectivity index (χ2v) is 8.44. The Morgan fingerprint density at radius 1 is 1.38 bits per heavy atom. The van der Waals surface area contributed by atoms with Gasteiger partial charge in [0.15, 0.2) is 0 Å². The number of hydrogen-bond donors (Lipinski definition) is 1. The molecule has 24 heavy (non-hydrogen) atoms. The quantitative estimate of drug-likeness (QED) is 0.890. The molecule has 0 bridgehead atoms. The predicted octanol–water partition coefficient (Wildman–Crippen LogP) is 1.76. The van der Waals surface area contributed by atoms with Crippen molar-refractivity contribution in [3.63, 3.8) is 0 Å². The Kier molecular flexibility index (Phi) is 5.31. The van der Waals surface area contributed by atoms with Gasteiger partial charge in [0.25, 0.3) is 5.91 Å². The number of carbonyl (C=O) groups excluding carboxylic acids is 1. The van der Waals surface area contributed by atoms with Crippen LogP contribution in [0.5, 0.6) is 0 Å². The van der Waals surface area contributed by atoms with Gasteiger partial charge in [0, 0.05) is 24.7 Å². The van der Waals surface area contributed by atoms with Crippen molar-refractivity contribution >= 4 is 15.9 Å². The minimum absolute atomic E-state index is 0.137. The zero-order valence-corrected chi connectivity index (χ0v) is 15.1. The van der Waals surface area contributed by atoms with Gasteiger partial charge in [-0.05, 0) is 45.9 Å². The molecule has 0 saturated carbocycles. The van der Waals surface area contributed by atoms with E-state index in [0.29, 0.717) is 19.7 Å². The molecule has 0 unspecified atom stereocenters. The van der Waals surface area contributed by atoms with E-state index in [2.05, 4.69) is 4.72 Å². The fourth-order valence-corrected chi connectivity index (χ4v) is 3.94. The summed E-state index contributed by atoms with van der Waals surface area (Å²) in [4.78, 5) is 13.7. The molecule has 1 N–H and O–H groups in total. The van der Waals surface area contributed by atoms with Crippen LogP contribution in [0.15, 0.2) is 23.1 Å². The first-order chi connectivity index (χ1) is 11.0. The number of carbonyl (C=O) groups is 1. The topological polar surface area (TPSA) is 75.7 Å². The fraction of sp³-hybridized carbons (Fsp3) is 0.562. The highest BCUT2D eigenvalue weighted by molar-refractivity contribution is 7.89. The van der Waals surface area contributed by atoms with Gasteiger partial charge in [-0.15, -0.1) is 0 Å². The minimum Gasteiger partial charge on any atom is -0.372 e. The van der Waals surface area contributed by atoms with Gasteiger partial charge in [-0.1, -0.05) is 0 Å². The summed E-state index contributed by atoms with van der Waals surface area (Å²) in [7, 11) is -4.02. The maximum Gasteiger partial charge on any atom is 0.254 e. The highest BCUT2D eigenvalue weighted by atomic mass is 32.2. The summed E-state index contributed by atoms with van der Waals surface area (Å²) in [6, 6.07) is 3.02. The van der Waals surface area contributed by atoms with Gasteiger partial charge in [-0.2, -0.15) is 0 Å². The normalized spacial score (nSPS) is 18.0. The van der Waals surface area contributed by atoms with Crippen LogP contribution in [0.4, 0.5) is 4.39 Å². The van der Waals surface area contributed by atoms with Crippen molar-refractivity contribution in [1.29, 1.82) is 0 Å². The summed E-state index contributed by atoms with van der Waals surface area (Å²) in [6.45, 7) is 8.22. The van der Waals surface area contributed by atoms with Crippen LogP contribution in [0.3, 0.4) is 0 Å². The molecule has 1 fully saturated rings. The molecule has 1 amide bonds. The van der Waals surface area contributed by atoms with E-state index in [1.54, 1.807) is 18.7 Å². The van der Waals surface area contributed by atoms with Crippen LogP contribution in [0.2, 0.25) is 0 Å². The molecule has 8 heteroatoms. The van der Waals surface area contributed by atoms with Crippen molar-refractivity contribution < 1.29 is 22.3 Å². The number of rotatable bonds is 4. The van der Waals surface area contributed by atoms with Crippen LogP contribution in [0, 0.1) is 5.82 Å². The van der Waals surface area contributed by atoms with E-state index >= 15 is 0 Å². The third-order valence-electron chi connectivity index (χ3n) is 3.57. The summed E-state index contributed by atoms with van der Waals surface area (Å²) in [5.41, 5.74) is -0.333. The minimum atomic E-state index is -4.02. The van der Waals surface area contributed by atoms with Crippen LogP contribution in [-0.2, 0) is 14.8 Å². The highest BCUT2D eigenvalue weighted by Gasteiger charge is 2.31. The summed E-state index contributed by atoms with van der Waals surface area (Å²) in [5, 5.41) is 0. The van der Waals surface area contributed by atoms with Crippen molar-refractivity contribution in [3.05, 3.63) is 29.6 Å². The molecule has 2 rings (SSSR count). The van der Waals surface area contributed by atoms with Crippen molar-refractivity contribution in [3.8, 4) is 0 Å². The van der Waals surface area contributed by atoms with Gasteiger partial charge < -0.3 is 9.64 Å². The average Bonchev–Trinajstić information content (AvgIpc) is 2.44. The SMILES string of the molecule is CC(C)NS(=O)(=O)c1cc(C(=O)N2CCOC(C)(C)C2)ccc1F. The lowest BCUT2D eigenvalue weighted by atomic mass is 10.1. The zero-order valence-electron chi connectivity index (χ0n) is 14.3. The lowest BCUT2D eigenvalue weighted by Crippen LogP contribution is -2.50. The third-order valence-corrected chi connectivity index (χ3v) is 5.24. The monoisotopic (exact) mass is 358 g/mol. The maximum atomic E-state index is 14.0. The van der Waals surface area contributed by atoms with Gasteiger partial charge >= 0.3 is 0 Å². The largest absolute Gasteiger partial charge is 0.372 e. The molecule has 0 aromatic heterocycles. The molecule has 0 spiro atoms. The Morgan fingerprint density at radius 3 is 2.62 bits per heavy atom. The smallest absolute Gasteiger partial charge is 0.254 e. The standard InChI is InChI=1S/C16H23FN2O4S/c1-11(2)18-24(21,22)14-9-12(5-6-13(14)17)15(20)19-7-8-23-16(3,4)10-19/h5-6,9,11,18H,7-8,10H2,1-4H3. The molecular formula is C16H23FN2O4S. The Bertz CT molecular complexity index is 732. The second kappa shape index (κ2) is 6.78. The molecule has 0 aliphatic carbocycles. The van der Waals surface area contributed by atoms with Crippen molar-refractivity contribution in [2.24, 2.45) is 0 Å². The van der Waals surface area contributed by atoms with Crippen molar-refractivity contribution in [1.82, 2.24) is 9.62 Å². The number of nitrogens with zero attached hydrogens (tertiary/aromatic N) is 1. The van der Waals surface area contributed by atoms with E-state index in [9.17, 15) is 17.6 Å². The number of ether oxygens (including phenoxy) is 1. The number of hydrogen-bond acceptors (Lipinski definition) is 4. The first kappa shape index (κ1) is 18.8. The molecule has 134 valence electrons. The van der Waals surface area contributed by atoms with Crippen LogP contribution < -0.4 is 4.72 Å². The van der Waals surface area contributed by atoms with E-state index in [0.717, 1.165) is 12.1 Å². The fourth-order valence-electron chi connectivity index (χ4n) is 2.59. The first-order valence-corrected chi connectivity index (χ1v) is 9.25. The molecule has 1 aliphatic heterocycles. The average molecular weight is 358 g/mol. The summed E-state index contributed by atoms with van der Waals surface area (Å²) >= 11 is 0. The maximum absolute atomic E-state index is 14.0. The number of nitrogens with one attached hydrogen (secondary N) is 1. The first-order valence-electron chi connectivity index (χ1n) is 7.77. The number of amides is 1. The van der Waals surface area contributed by atoms with Crippen molar-refractivity contribution in [2.75, 3.05) is 19.7 Å². The Morgan fingerprint density at radius 2 is 2.04 bits per heavy atom. The van der Waals surface area contributed by atoms with E-state index < -0.39 is 26.3 Å². The van der Waals surface area contributed by atoms with Gasteiger partial charge in [0.2, 0.25) is 10.0 Å². The molecule has 1 saturated heterocycles. The molecule has 1 aliphatic rings. The molecule has 6 nitrogen and oxygen atoms in total. The third kappa shape index (κ3) is 4.31. The van der Waals surface area contributed by atoms with Crippen LogP contribution >= 0.6 is 0 Å². The Hall–Kier alpha value is -1.51. The van der Waals surface area contributed by atoms with E-state index in [1.807, 2.05) is 13.8 Å². The lowest BCUT2D eigenvalue weighted by molar-refractivity contribution is -0.0764.